The maximum absolute atomic E-state index is 12.9. The van der Waals surface area contributed by atoms with Crippen LogP contribution in [0.25, 0.3) is 5.69 Å². The molecule has 1 atom stereocenters. The van der Waals surface area contributed by atoms with E-state index in [0.29, 0.717) is 17.7 Å². The van der Waals surface area contributed by atoms with E-state index in [1.54, 1.807) is 6.20 Å². The molecule has 2 N–H and O–H groups in total. The summed E-state index contributed by atoms with van der Waals surface area (Å²) in [4.78, 5) is 28.3. The number of nitrogens with one attached hydrogen (secondary N) is 2. The van der Waals surface area contributed by atoms with Crippen LogP contribution in [0, 0.1) is 13.8 Å². The molecule has 1 aliphatic carbocycles. The van der Waals surface area contributed by atoms with E-state index in [9.17, 15) is 9.59 Å². The van der Waals surface area contributed by atoms with Crippen molar-refractivity contribution < 1.29 is 9.59 Å². The van der Waals surface area contributed by atoms with E-state index in [0.717, 1.165) is 41.0 Å². The van der Waals surface area contributed by atoms with Crippen LogP contribution in [-0.4, -0.2) is 26.5 Å². The predicted octanol–water partition coefficient (Wildman–Crippen LogP) is 3.83. The van der Waals surface area contributed by atoms with Gasteiger partial charge in [0.1, 0.15) is 5.69 Å². The number of fused-ring (bicyclic) bond motifs is 1. The average molecular weight is 376 g/mol. The van der Waals surface area contributed by atoms with Crippen molar-refractivity contribution in [1.82, 2.24) is 20.1 Å². The zero-order valence-corrected chi connectivity index (χ0v) is 16.4. The van der Waals surface area contributed by atoms with Gasteiger partial charge in [0.25, 0.3) is 5.91 Å². The van der Waals surface area contributed by atoms with Crippen LogP contribution in [0.15, 0.2) is 36.5 Å². The minimum atomic E-state index is -0.208. The quantitative estimate of drug-likeness (QED) is 0.726. The predicted molar refractivity (Wildman–Crippen MR) is 107 cm³/mol. The Morgan fingerprint density at radius 3 is 2.68 bits per heavy atom. The molecule has 4 rings (SSSR count). The number of aromatic nitrogens is 3. The third-order valence-corrected chi connectivity index (χ3v) is 5.53. The molecule has 3 aromatic rings. The Balaban J connectivity index is 1.57. The van der Waals surface area contributed by atoms with E-state index in [1.165, 1.54) is 0 Å². The molecule has 28 heavy (non-hydrogen) atoms. The Labute approximate surface area is 164 Å². The monoisotopic (exact) mass is 376 g/mol. The van der Waals surface area contributed by atoms with Gasteiger partial charge in [-0.3, -0.25) is 9.59 Å². The summed E-state index contributed by atoms with van der Waals surface area (Å²) in [7, 11) is 0. The zero-order valence-electron chi connectivity index (χ0n) is 16.4. The zero-order chi connectivity index (χ0) is 19.8. The van der Waals surface area contributed by atoms with Crippen LogP contribution in [0.5, 0.6) is 0 Å². The topological polar surface area (TPSA) is 79.8 Å². The lowest BCUT2D eigenvalue weighted by atomic mass is 9.94. The van der Waals surface area contributed by atoms with Crippen molar-refractivity contribution in [3.63, 3.8) is 0 Å². The molecule has 6 heteroatoms. The van der Waals surface area contributed by atoms with Gasteiger partial charge in [-0.15, -0.1) is 0 Å². The molecule has 0 radical (unpaired) electrons. The van der Waals surface area contributed by atoms with Crippen molar-refractivity contribution in [1.29, 1.82) is 0 Å². The molecule has 1 amide bonds. The third-order valence-electron chi connectivity index (χ3n) is 5.53. The number of rotatable bonds is 4. The lowest BCUT2D eigenvalue weighted by molar-refractivity contribution is 0.0934. The maximum atomic E-state index is 12.9. The third kappa shape index (κ3) is 3.05. The number of hydrogen-bond acceptors (Lipinski definition) is 3. The molecule has 1 aliphatic rings. The van der Waals surface area contributed by atoms with Crippen molar-refractivity contribution in [3.8, 4) is 5.69 Å². The van der Waals surface area contributed by atoms with Crippen LogP contribution >= 0.6 is 0 Å². The molecule has 0 aliphatic heterocycles. The van der Waals surface area contributed by atoms with Gasteiger partial charge in [0, 0.05) is 28.9 Å². The van der Waals surface area contributed by atoms with Crippen LogP contribution in [0.1, 0.15) is 69.2 Å². The van der Waals surface area contributed by atoms with Gasteiger partial charge >= 0.3 is 0 Å². The molecule has 2 heterocycles. The molecule has 144 valence electrons. The number of hydrogen-bond donors (Lipinski definition) is 2. The maximum Gasteiger partial charge on any atom is 0.268 e. The number of Topliss-reactive ketones (excluding diaryl/α,β-unsaturated/α-hetero) is 1. The Kier molecular flexibility index (Phi) is 4.63. The number of carbonyl (C=O) groups is 2. The highest BCUT2D eigenvalue weighted by atomic mass is 16.2. The molecule has 0 saturated carbocycles. The summed E-state index contributed by atoms with van der Waals surface area (Å²) in [6.07, 6.45) is 4.00. The largest absolute Gasteiger partial charge is 0.354 e. The van der Waals surface area contributed by atoms with Crippen LogP contribution in [0.4, 0.5) is 0 Å². The van der Waals surface area contributed by atoms with Gasteiger partial charge in [0.15, 0.2) is 5.78 Å². The second-order valence-electron chi connectivity index (χ2n) is 7.38. The molecule has 1 aromatic carbocycles. The van der Waals surface area contributed by atoms with Crippen LogP contribution in [-0.2, 0) is 6.42 Å². The summed E-state index contributed by atoms with van der Waals surface area (Å²) in [5, 5.41) is 7.53. The minimum Gasteiger partial charge on any atom is -0.354 e. The SMILES string of the molecule is Cc1c(C(=O)NC(C)c2cnn(-c3ccccc3)c2C)[nH]c2c1C(=O)CCC2. The smallest absolute Gasteiger partial charge is 0.268 e. The summed E-state index contributed by atoms with van der Waals surface area (Å²) in [6.45, 7) is 5.78. The number of aromatic amines is 1. The number of aryl methyl sites for hydroxylation is 1. The molecule has 0 saturated heterocycles. The number of H-pyrrole nitrogens is 1. The highest BCUT2D eigenvalue weighted by molar-refractivity contribution is 6.04. The number of nitrogens with zero attached hydrogens (tertiary/aromatic N) is 2. The van der Waals surface area contributed by atoms with E-state index in [4.69, 9.17) is 0 Å². The van der Waals surface area contributed by atoms with Crippen molar-refractivity contribution in [3.05, 3.63) is 70.3 Å². The van der Waals surface area contributed by atoms with Crippen LogP contribution in [0.2, 0.25) is 0 Å². The first kappa shape index (κ1) is 18.2. The first-order valence-corrected chi connectivity index (χ1v) is 9.62. The highest BCUT2D eigenvalue weighted by Crippen LogP contribution is 2.27. The molecule has 0 bridgehead atoms. The average Bonchev–Trinajstić information content (AvgIpc) is 3.23. The Morgan fingerprint density at radius 2 is 1.96 bits per heavy atom. The summed E-state index contributed by atoms with van der Waals surface area (Å²) in [5.41, 5.74) is 5.76. The Hall–Kier alpha value is -3.15. The van der Waals surface area contributed by atoms with Gasteiger partial charge < -0.3 is 10.3 Å². The molecular formula is C22H24N4O2. The van der Waals surface area contributed by atoms with E-state index in [1.807, 2.05) is 55.8 Å². The lowest BCUT2D eigenvalue weighted by Crippen LogP contribution is -2.28. The normalized spacial score (nSPS) is 14.6. The van der Waals surface area contributed by atoms with E-state index >= 15 is 0 Å². The first-order valence-electron chi connectivity index (χ1n) is 9.62. The van der Waals surface area contributed by atoms with E-state index in [2.05, 4.69) is 15.4 Å². The van der Waals surface area contributed by atoms with Crippen molar-refractivity contribution >= 4 is 11.7 Å². The summed E-state index contributed by atoms with van der Waals surface area (Å²) < 4.78 is 1.87. The van der Waals surface area contributed by atoms with Gasteiger partial charge in [0.2, 0.25) is 0 Å². The number of ketones is 1. The Morgan fingerprint density at radius 1 is 1.21 bits per heavy atom. The van der Waals surface area contributed by atoms with Gasteiger partial charge in [-0.2, -0.15) is 5.10 Å². The summed E-state index contributed by atoms with van der Waals surface area (Å²) in [5.74, 6) is -0.0684. The number of para-hydroxylation sites is 1. The fourth-order valence-electron chi connectivity index (χ4n) is 4.02. The molecule has 1 unspecified atom stereocenters. The molecular weight excluding hydrogens is 352 g/mol. The minimum absolute atomic E-state index is 0.127. The Bertz CT molecular complexity index is 1050. The number of benzene rings is 1. The van der Waals surface area contributed by atoms with Crippen molar-refractivity contribution in [2.24, 2.45) is 0 Å². The number of amides is 1. The van der Waals surface area contributed by atoms with E-state index < -0.39 is 0 Å². The second kappa shape index (κ2) is 7.11. The fourth-order valence-corrected chi connectivity index (χ4v) is 4.02. The summed E-state index contributed by atoms with van der Waals surface area (Å²) >= 11 is 0. The van der Waals surface area contributed by atoms with Crippen molar-refractivity contribution in [2.75, 3.05) is 0 Å². The molecule has 2 aromatic heterocycles. The fraction of sp³-hybridized carbons (Fsp3) is 0.318. The molecule has 6 nitrogen and oxygen atoms in total. The molecule has 0 spiro atoms. The lowest BCUT2D eigenvalue weighted by Gasteiger charge is -2.14. The van der Waals surface area contributed by atoms with Gasteiger partial charge in [-0.05, 0) is 51.3 Å². The van der Waals surface area contributed by atoms with Gasteiger partial charge in [-0.25, -0.2) is 4.68 Å². The summed E-state index contributed by atoms with van der Waals surface area (Å²) in [6, 6.07) is 9.69. The second-order valence-corrected chi connectivity index (χ2v) is 7.38. The van der Waals surface area contributed by atoms with Crippen molar-refractivity contribution in [2.45, 2.75) is 46.1 Å². The first-order chi connectivity index (χ1) is 13.5. The van der Waals surface area contributed by atoms with E-state index in [-0.39, 0.29) is 17.7 Å². The number of carbonyl (C=O) groups excluding carboxylic acids is 2. The van der Waals surface area contributed by atoms with Crippen LogP contribution < -0.4 is 5.32 Å². The van der Waals surface area contributed by atoms with Gasteiger partial charge in [-0.1, -0.05) is 18.2 Å². The van der Waals surface area contributed by atoms with Crippen LogP contribution in [0.3, 0.4) is 0 Å². The highest BCUT2D eigenvalue weighted by Gasteiger charge is 2.27. The standard InChI is InChI=1S/C22H24N4O2/c1-13-20-18(10-7-11-19(20)27)25-21(13)22(28)24-14(2)17-12-23-26(15(17)3)16-8-5-4-6-9-16/h4-6,8-9,12,14,25H,7,10-11H2,1-3H3,(H,24,28). The molecule has 0 fully saturated rings. The van der Waals surface area contributed by atoms with Gasteiger partial charge in [0.05, 0.1) is 17.9 Å².